The van der Waals surface area contributed by atoms with E-state index in [2.05, 4.69) is 5.32 Å². The number of amides is 1. The number of likely N-dealkylation sites (N-methyl/N-ethyl adjacent to an activating group) is 2. The van der Waals surface area contributed by atoms with Crippen molar-refractivity contribution in [2.75, 3.05) is 27.2 Å². The first-order valence-electron chi connectivity index (χ1n) is 5.53. The first-order chi connectivity index (χ1) is 8.75. The van der Waals surface area contributed by atoms with Crippen molar-refractivity contribution in [3.05, 3.63) is 32.9 Å². The molecule has 0 saturated heterocycles. The molecule has 114 valence electrons. The minimum atomic E-state index is -4.44. The molecule has 0 bridgehead atoms. The minimum Gasteiger partial charge on any atom is -0.340 e. The molecule has 0 aliphatic carbocycles. The Morgan fingerprint density at radius 3 is 2.45 bits per heavy atom. The molecule has 8 heteroatoms. The quantitative estimate of drug-likeness (QED) is 0.757. The zero-order valence-corrected chi connectivity index (χ0v) is 13.9. The predicted octanol–water partition coefficient (Wildman–Crippen LogP) is 3.02. The first-order valence-corrected chi connectivity index (χ1v) is 6.61. The Labute approximate surface area is 135 Å². The molecule has 0 aliphatic heterocycles. The van der Waals surface area contributed by atoms with Gasteiger partial charge in [0.2, 0.25) is 0 Å². The number of carbonyl (C=O) groups is 1. The molecular weight excluding hydrogens is 407 g/mol. The molecule has 3 nitrogen and oxygen atoms in total. The average Bonchev–Trinajstić information content (AvgIpc) is 2.33. The van der Waals surface area contributed by atoms with Crippen LogP contribution in [-0.4, -0.2) is 38.0 Å². The molecule has 1 N–H and O–H groups in total. The Morgan fingerprint density at radius 2 is 1.95 bits per heavy atom. The van der Waals surface area contributed by atoms with Gasteiger partial charge in [-0.25, -0.2) is 0 Å². The Kier molecular flexibility index (Phi) is 7.82. The van der Waals surface area contributed by atoms with Crippen LogP contribution < -0.4 is 5.32 Å². The summed E-state index contributed by atoms with van der Waals surface area (Å²) in [6.07, 6.45) is -4.44. The van der Waals surface area contributed by atoms with Crippen molar-refractivity contribution in [2.24, 2.45) is 0 Å². The van der Waals surface area contributed by atoms with Crippen molar-refractivity contribution < 1.29 is 18.0 Å². The van der Waals surface area contributed by atoms with Crippen molar-refractivity contribution in [1.82, 2.24) is 10.2 Å². The number of benzene rings is 1. The number of hydrogen-bond acceptors (Lipinski definition) is 2. The van der Waals surface area contributed by atoms with Gasteiger partial charge in [-0.15, -0.1) is 12.4 Å². The Bertz CT molecular complexity index is 469. The fourth-order valence-corrected chi connectivity index (χ4v) is 2.15. The highest BCUT2D eigenvalue weighted by Gasteiger charge is 2.31. The summed E-state index contributed by atoms with van der Waals surface area (Å²) in [5, 5.41) is 2.88. The monoisotopic (exact) mass is 422 g/mol. The second-order valence-electron chi connectivity index (χ2n) is 4.06. The van der Waals surface area contributed by atoms with Crippen LogP contribution in [0.3, 0.4) is 0 Å². The van der Waals surface area contributed by atoms with E-state index in [0.717, 1.165) is 12.1 Å². The second kappa shape index (κ2) is 8.04. The Hall–Kier alpha value is -0.540. The highest BCUT2D eigenvalue weighted by molar-refractivity contribution is 14.1. The Balaban J connectivity index is 0.00000361. The highest BCUT2D eigenvalue weighted by Crippen LogP contribution is 2.31. The van der Waals surface area contributed by atoms with Gasteiger partial charge in [-0.2, -0.15) is 13.2 Å². The SMILES string of the molecule is CNCCN(C)C(=O)c1cc(I)cc(C(F)(F)F)c1.Cl. The van der Waals surface area contributed by atoms with E-state index in [-0.39, 0.29) is 18.0 Å². The summed E-state index contributed by atoms with van der Waals surface area (Å²) < 4.78 is 38.4. The molecule has 1 rings (SSSR count). The normalized spacial score (nSPS) is 10.9. The molecule has 0 atom stereocenters. The van der Waals surface area contributed by atoms with Crippen LogP contribution in [0.1, 0.15) is 15.9 Å². The number of hydrogen-bond donors (Lipinski definition) is 1. The number of alkyl halides is 3. The molecule has 1 amide bonds. The number of nitrogens with zero attached hydrogens (tertiary/aromatic N) is 1. The molecule has 0 unspecified atom stereocenters. The number of halogens is 5. The van der Waals surface area contributed by atoms with Gasteiger partial charge in [0.1, 0.15) is 0 Å². The third-order valence-corrected chi connectivity index (χ3v) is 3.14. The standard InChI is InChI=1S/C12H14F3IN2O.ClH/c1-17-3-4-18(2)11(19)8-5-9(12(13,14)15)7-10(16)6-8;/h5-7,17H,3-4H2,1-2H3;1H. The molecule has 0 saturated carbocycles. The van der Waals surface area contributed by atoms with E-state index < -0.39 is 17.6 Å². The molecule has 0 radical (unpaired) electrons. The van der Waals surface area contributed by atoms with Crippen LogP contribution in [0.2, 0.25) is 0 Å². The van der Waals surface area contributed by atoms with E-state index in [1.165, 1.54) is 11.0 Å². The molecular formula is C12H15ClF3IN2O. The fraction of sp³-hybridized carbons (Fsp3) is 0.417. The summed E-state index contributed by atoms with van der Waals surface area (Å²) in [6, 6.07) is 3.36. The third-order valence-electron chi connectivity index (χ3n) is 2.52. The van der Waals surface area contributed by atoms with Crippen LogP contribution in [0, 0.1) is 3.57 Å². The molecule has 1 aromatic rings. The summed E-state index contributed by atoms with van der Waals surface area (Å²) in [5.74, 6) is -0.417. The van der Waals surface area contributed by atoms with E-state index >= 15 is 0 Å². The number of rotatable bonds is 4. The molecule has 0 aromatic heterocycles. The molecule has 0 aliphatic rings. The van der Waals surface area contributed by atoms with Crippen molar-refractivity contribution >= 4 is 40.9 Å². The first kappa shape index (κ1) is 19.5. The van der Waals surface area contributed by atoms with E-state index in [1.807, 2.05) is 0 Å². The van der Waals surface area contributed by atoms with Crippen LogP contribution in [0.15, 0.2) is 18.2 Å². The lowest BCUT2D eigenvalue weighted by Crippen LogP contribution is -2.33. The van der Waals surface area contributed by atoms with Crippen molar-refractivity contribution in [2.45, 2.75) is 6.18 Å². The van der Waals surface area contributed by atoms with Crippen LogP contribution in [0.4, 0.5) is 13.2 Å². The summed E-state index contributed by atoms with van der Waals surface area (Å²) in [4.78, 5) is 13.4. The second-order valence-corrected chi connectivity index (χ2v) is 5.30. The van der Waals surface area contributed by atoms with E-state index in [9.17, 15) is 18.0 Å². The lowest BCUT2D eigenvalue weighted by Gasteiger charge is -2.18. The molecule has 0 fully saturated rings. The molecule has 0 heterocycles. The Morgan fingerprint density at radius 1 is 1.35 bits per heavy atom. The maximum absolute atomic E-state index is 12.7. The van der Waals surface area contributed by atoms with Gasteiger partial charge in [0.25, 0.3) is 5.91 Å². The average molecular weight is 423 g/mol. The van der Waals surface area contributed by atoms with Gasteiger partial charge in [-0.1, -0.05) is 0 Å². The maximum Gasteiger partial charge on any atom is 0.416 e. The molecule has 20 heavy (non-hydrogen) atoms. The summed E-state index contributed by atoms with van der Waals surface area (Å²) in [6.45, 7) is 1.01. The van der Waals surface area contributed by atoms with Crippen LogP contribution >= 0.6 is 35.0 Å². The topological polar surface area (TPSA) is 32.3 Å². The van der Waals surface area contributed by atoms with Gasteiger partial charge < -0.3 is 10.2 Å². The van der Waals surface area contributed by atoms with Crippen molar-refractivity contribution in [3.8, 4) is 0 Å². The highest BCUT2D eigenvalue weighted by atomic mass is 127. The lowest BCUT2D eigenvalue weighted by atomic mass is 10.1. The zero-order valence-electron chi connectivity index (χ0n) is 10.9. The maximum atomic E-state index is 12.7. The van der Waals surface area contributed by atoms with E-state index in [4.69, 9.17) is 0 Å². The fourth-order valence-electron chi connectivity index (χ4n) is 1.48. The largest absolute Gasteiger partial charge is 0.416 e. The van der Waals surface area contributed by atoms with Crippen molar-refractivity contribution in [3.63, 3.8) is 0 Å². The summed E-state index contributed by atoms with van der Waals surface area (Å²) in [5.41, 5.74) is -0.748. The van der Waals surface area contributed by atoms with Gasteiger partial charge in [0.05, 0.1) is 5.56 Å². The summed E-state index contributed by atoms with van der Waals surface area (Å²) >= 11 is 1.77. The van der Waals surface area contributed by atoms with Crippen LogP contribution in [0.5, 0.6) is 0 Å². The van der Waals surface area contributed by atoms with Gasteiger partial charge in [0, 0.05) is 29.3 Å². The van der Waals surface area contributed by atoms with Gasteiger partial charge in [0.15, 0.2) is 0 Å². The smallest absolute Gasteiger partial charge is 0.340 e. The van der Waals surface area contributed by atoms with Crippen molar-refractivity contribution in [1.29, 1.82) is 0 Å². The zero-order chi connectivity index (χ0) is 14.6. The van der Waals surface area contributed by atoms with Gasteiger partial charge in [-0.3, -0.25) is 4.79 Å². The van der Waals surface area contributed by atoms with Gasteiger partial charge >= 0.3 is 6.18 Å². The van der Waals surface area contributed by atoms with E-state index in [1.54, 1.807) is 36.7 Å². The third kappa shape index (κ3) is 5.45. The van der Waals surface area contributed by atoms with Gasteiger partial charge in [-0.05, 0) is 47.8 Å². The molecule has 0 spiro atoms. The van der Waals surface area contributed by atoms with Crippen LogP contribution in [-0.2, 0) is 6.18 Å². The summed E-state index contributed by atoms with van der Waals surface area (Å²) in [7, 11) is 3.30. The number of carbonyl (C=O) groups excluding carboxylic acids is 1. The number of nitrogens with one attached hydrogen (secondary N) is 1. The van der Waals surface area contributed by atoms with Crippen LogP contribution in [0.25, 0.3) is 0 Å². The lowest BCUT2D eigenvalue weighted by molar-refractivity contribution is -0.137. The van der Waals surface area contributed by atoms with E-state index in [0.29, 0.717) is 16.7 Å². The molecule has 1 aromatic carbocycles. The minimum absolute atomic E-state index is 0. The predicted molar refractivity (Wildman–Crippen MR) is 82.3 cm³/mol.